The van der Waals surface area contributed by atoms with Crippen LogP contribution in [-0.2, 0) is 76.8 Å². The maximum atomic E-state index is 8.12. The normalized spacial score (nSPS) is 11.6. The lowest BCUT2D eigenvalue weighted by Crippen LogP contribution is -2.11. The van der Waals surface area contributed by atoms with Crippen LogP contribution in [0.5, 0.6) is 11.5 Å². The summed E-state index contributed by atoms with van der Waals surface area (Å²) in [6.45, 7) is 17.5. The number of nitrogens with zero attached hydrogens (tertiary/aromatic N) is 5. The van der Waals surface area contributed by atoms with Gasteiger partial charge in [-0.25, -0.2) is 4.98 Å². The Balaban J connectivity index is -0.00000116. The smallest absolute Gasteiger partial charge is 0.373 e. The molecule has 6 aromatic heterocycles. The van der Waals surface area contributed by atoms with Crippen LogP contribution in [0.2, 0.25) is 0 Å². The second-order valence-electron chi connectivity index (χ2n) is 24.3. The van der Waals surface area contributed by atoms with Crippen molar-refractivity contribution in [1.82, 2.24) is 24.9 Å². The molecule has 0 amide bonds. The topological polar surface area (TPSA) is 418 Å². The van der Waals surface area contributed by atoms with E-state index in [-0.39, 0.29) is 74.0 Å². The molecule has 3 aliphatic carbocycles. The molecule has 10 N–H and O–H groups in total. The summed E-state index contributed by atoms with van der Waals surface area (Å²) >= 11 is 1.84. The van der Waals surface area contributed by atoms with Gasteiger partial charge in [0.2, 0.25) is 0 Å². The molecule has 564 valence electrons. The number of anilines is 5. The molecule has 25 heteroatoms. The molecule has 0 spiro atoms. The number of pyridine rings is 5. The van der Waals surface area contributed by atoms with Gasteiger partial charge in [0.05, 0.1) is 45.6 Å². The molecule has 4 aromatic carbocycles. The van der Waals surface area contributed by atoms with Crippen LogP contribution in [0, 0.1) is 46.0 Å². The van der Waals surface area contributed by atoms with Gasteiger partial charge < -0.3 is 38.1 Å². The molecule has 0 radical (unpaired) electrons. The first-order valence-electron chi connectivity index (χ1n) is 31.9. The lowest BCUT2D eigenvalue weighted by atomic mass is 9.87. The Labute approximate surface area is 619 Å². The highest BCUT2D eigenvalue weighted by atomic mass is 32.1. The van der Waals surface area contributed by atoms with Gasteiger partial charge in [-0.1, -0.05) is 113 Å². The van der Waals surface area contributed by atoms with E-state index in [0.29, 0.717) is 17.4 Å². The van der Waals surface area contributed by atoms with Crippen molar-refractivity contribution in [2.24, 2.45) is 11.3 Å². The Morgan fingerprint density at radius 1 is 0.429 bits per heavy atom. The lowest BCUT2D eigenvalue weighted by Gasteiger charge is -2.18. The molecule has 10 aromatic rings. The fraction of sp³-hybridized carbons (Fsp3) is 0.388. The van der Waals surface area contributed by atoms with E-state index in [2.05, 4.69) is 57.8 Å². The first-order chi connectivity index (χ1) is 47.9. The second-order valence-corrected chi connectivity index (χ2v) is 25.4. The number of rotatable bonds is 7. The van der Waals surface area contributed by atoms with E-state index in [4.69, 9.17) is 95.7 Å². The summed E-state index contributed by atoms with van der Waals surface area (Å²) in [4.78, 5) is 123. The molecule has 0 bridgehead atoms. The zero-order valence-corrected chi connectivity index (χ0v) is 58.2. The number of benzene rings is 4. The number of nitrogens with two attached hydrogens (primary N) is 5. The van der Waals surface area contributed by atoms with Crippen molar-refractivity contribution in [3.05, 3.63) is 154 Å². The molecular formula is C80H104N10O14S. The first kappa shape index (κ1) is 97.7. The van der Waals surface area contributed by atoms with Gasteiger partial charge in [0.1, 0.15) is 16.3 Å². The molecule has 13 rings (SSSR count). The van der Waals surface area contributed by atoms with Gasteiger partial charge in [0.15, 0.2) is 0 Å². The predicted octanol–water partition coefficient (Wildman–Crippen LogP) is 16.1. The van der Waals surface area contributed by atoms with Crippen molar-refractivity contribution < 1.29 is 67.0 Å². The fourth-order valence-electron chi connectivity index (χ4n) is 11.6. The maximum Gasteiger partial charge on any atom is 0.373 e. The third-order valence-corrected chi connectivity index (χ3v) is 16.8. The first-order valence-corrected chi connectivity index (χ1v) is 32.7. The quantitative estimate of drug-likeness (QED) is 0.0989. The summed E-state index contributed by atoms with van der Waals surface area (Å²) < 4.78 is 12.1. The Bertz CT molecular complexity index is 4420. The Morgan fingerprint density at radius 2 is 0.800 bits per heavy atom. The Hall–Kier alpha value is -11.5. The number of hydrogen-bond acceptors (Lipinski definition) is 25. The molecule has 0 aliphatic heterocycles. The molecule has 0 unspecified atom stereocenters. The average molecular weight is 1460 g/mol. The molecule has 105 heavy (non-hydrogen) atoms. The SMILES string of the molecule is C.C.C.C.C.Cc1cc(N)c2c(CCC(C)(C)C)cccc2n1.Cc1cc(N)c2c(OC3CCCC3)cccc2n1.Cc1cc(N)c2c(OCC3CCCC3)cccc2n1.Cc1cc(N)c2c3c(sc2n1)CCCC3.Cc1cc(N)c2ccccc2n1.O=C=O.O=C=O.O=C=O.O=C=O.O=C=O.O=C=O. The van der Waals surface area contributed by atoms with Crippen LogP contribution < -0.4 is 38.1 Å². The Morgan fingerprint density at radius 3 is 1.29 bits per heavy atom. The van der Waals surface area contributed by atoms with Crippen molar-refractivity contribution in [2.45, 2.75) is 189 Å². The van der Waals surface area contributed by atoms with Crippen LogP contribution in [0.1, 0.15) is 173 Å². The van der Waals surface area contributed by atoms with E-state index < -0.39 is 0 Å². The van der Waals surface area contributed by atoms with Crippen LogP contribution in [0.3, 0.4) is 0 Å². The zero-order chi connectivity index (χ0) is 74.3. The number of carbonyl (C=O) groups excluding carboxylic acids is 12. The highest BCUT2D eigenvalue weighted by Crippen LogP contribution is 2.39. The van der Waals surface area contributed by atoms with Crippen molar-refractivity contribution in [1.29, 1.82) is 0 Å². The molecule has 3 aliphatic rings. The number of thiophene rings is 1. The van der Waals surface area contributed by atoms with Gasteiger partial charge in [-0.15, -0.1) is 11.3 Å². The van der Waals surface area contributed by atoms with Crippen molar-refractivity contribution >= 4 is 131 Å². The van der Waals surface area contributed by atoms with Crippen LogP contribution >= 0.6 is 11.3 Å². The average Bonchev–Trinajstić information content (AvgIpc) is 1.69. The molecule has 24 nitrogen and oxygen atoms in total. The van der Waals surface area contributed by atoms with Crippen LogP contribution in [0.15, 0.2) is 109 Å². The van der Waals surface area contributed by atoms with Gasteiger partial charge in [-0.05, 0) is 201 Å². The zero-order valence-electron chi connectivity index (χ0n) is 57.4. The maximum absolute atomic E-state index is 8.12. The monoisotopic (exact) mass is 1460 g/mol. The van der Waals surface area contributed by atoms with Gasteiger partial charge in [0.25, 0.3) is 0 Å². The molecule has 2 fully saturated rings. The summed E-state index contributed by atoms with van der Waals surface area (Å²) in [5.41, 5.74) is 46.2. The summed E-state index contributed by atoms with van der Waals surface area (Å²) in [6.07, 6.45) is 19.2. The third kappa shape index (κ3) is 32.2. The number of hydrogen-bond donors (Lipinski definition) is 5. The largest absolute Gasteiger partial charge is 0.493 e. The van der Waals surface area contributed by atoms with Gasteiger partial charge >= 0.3 is 36.9 Å². The number of aryl methyl sites for hydroxylation is 8. The second kappa shape index (κ2) is 51.6. The Kier molecular flexibility index (Phi) is 48.0. The number of ether oxygens (including phenoxy) is 2. The molecule has 0 atom stereocenters. The summed E-state index contributed by atoms with van der Waals surface area (Å²) in [5, 5.41) is 5.30. The number of aromatic nitrogens is 5. The standard InChI is InChI=1S/C16H20N2O.C16H22N2.C15H18N2O.C12H14N2S.C10H10N2.6CO2.5CH4/c1-11-9-13(17)16-14(18-11)7-4-8-15(16)19-10-12-5-2-3-6-12;1-11-10-13(17)15-12(8-9-16(2,3)4)6-5-7-14(15)18-11;1-10-9-12(16)15-13(17-10)7-4-8-14(15)18-11-5-2-3-6-11;1-7-6-9(13)11-8-4-2-3-5-10(8)15-12(11)14-7;1-7-6-9(11)8-4-2-3-5-10(8)12-7;6*2-1-3;;;;;/h4,7-9,12H,2-3,5-6,10H2,1H3,(H2,17,18);5-7,10H,8-9H2,1-4H3,(H2,17,18);4,7-9,11H,2-3,5-6H2,1H3,(H2,16,17);6H,2-5H2,1H3,(H2,13,14);2-6H,1H3,(H2,11,12);;;;;;;5*1H4. The van der Waals surface area contributed by atoms with E-state index in [1.54, 1.807) is 0 Å². The highest BCUT2D eigenvalue weighted by molar-refractivity contribution is 7.19. The molecule has 2 saturated carbocycles. The predicted molar refractivity (Wildman–Crippen MR) is 411 cm³/mol. The van der Waals surface area contributed by atoms with E-state index in [1.165, 1.54) is 85.6 Å². The van der Waals surface area contributed by atoms with E-state index >= 15 is 0 Å². The molecular weight excluding hydrogens is 1360 g/mol. The van der Waals surface area contributed by atoms with Gasteiger partial charge in [-0.2, -0.15) is 57.5 Å². The summed E-state index contributed by atoms with van der Waals surface area (Å²) in [6, 6.07) is 35.8. The minimum atomic E-state index is 0. The molecule has 6 heterocycles. The van der Waals surface area contributed by atoms with Crippen molar-refractivity contribution in [3.63, 3.8) is 0 Å². The van der Waals surface area contributed by atoms with E-state index in [9.17, 15) is 0 Å². The summed E-state index contributed by atoms with van der Waals surface area (Å²) in [7, 11) is 0. The minimum Gasteiger partial charge on any atom is -0.493 e. The van der Waals surface area contributed by atoms with Crippen LogP contribution in [0.25, 0.3) is 53.8 Å². The van der Waals surface area contributed by atoms with Crippen molar-refractivity contribution in [3.8, 4) is 11.5 Å². The number of para-hydroxylation sites is 1. The van der Waals surface area contributed by atoms with E-state index in [0.717, 1.165) is 149 Å². The van der Waals surface area contributed by atoms with Crippen LogP contribution in [-0.4, -0.2) is 74.5 Å². The number of fused-ring (bicyclic) bond motifs is 7. The number of nitrogen functional groups attached to an aromatic ring is 5. The minimum absolute atomic E-state index is 0. The van der Waals surface area contributed by atoms with Crippen LogP contribution in [0.4, 0.5) is 28.4 Å². The van der Waals surface area contributed by atoms with Gasteiger partial charge in [0, 0.05) is 77.9 Å². The highest BCUT2D eigenvalue weighted by Gasteiger charge is 2.21. The lowest BCUT2D eigenvalue weighted by molar-refractivity contribution is -0.193. The van der Waals surface area contributed by atoms with Gasteiger partial charge in [-0.3, -0.25) is 19.9 Å². The van der Waals surface area contributed by atoms with Crippen molar-refractivity contribution in [2.75, 3.05) is 35.3 Å². The fourth-order valence-corrected chi connectivity index (χ4v) is 13.0. The summed E-state index contributed by atoms with van der Waals surface area (Å²) in [5.74, 6) is 2.45. The molecule has 0 saturated heterocycles. The van der Waals surface area contributed by atoms with E-state index in [1.807, 2.05) is 143 Å². The third-order valence-electron chi connectivity index (χ3n) is 15.6.